The fourth-order valence-electron chi connectivity index (χ4n) is 5.59. The Morgan fingerprint density at radius 3 is 0.867 bits per heavy atom. The number of benzene rings is 4. The molecule has 8 nitrogen and oxygen atoms in total. The zero-order valence-electron chi connectivity index (χ0n) is 24.7. The molecule has 3 aromatic heterocycles. The molecule has 5 heterocycles. The van der Waals surface area contributed by atoms with Crippen molar-refractivity contribution in [2.24, 2.45) is 0 Å². The molecule has 0 unspecified atom stereocenters. The second-order valence-electron chi connectivity index (χ2n) is 11.7. The second kappa shape index (κ2) is 10.4. The van der Waals surface area contributed by atoms with Crippen LogP contribution in [0, 0.1) is 0 Å². The summed E-state index contributed by atoms with van der Waals surface area (Å²) in [5.41, 5.74) is 6.45. The molecule has 8 bridgehead atoms. The minimum atomic E-state index is 0.0625. The fraction of sp³-hybridized carbons (Fsp3) is 0.111. The van der Waals surface area contributed by atoms with Gasteiger partial charge >= 0.3 is 41.1 Å². The van der Waals surface area contributed by atoms with Gasteiger partial charge in [-0.25, -0.2) is 29.9 Å². The van der Waals surface area contributed by atoms with Crippen molar-refractivity contribution in [3.63, 3.8) is 0 Å². The zero-order valence-corrected chi connectivity index (χ0v) is 25.7. The number of aromatic nitrogens is 8. The molecule has 0 amide bonds. The molecule has 45 heavy (non-hydrogen) atoms. The van der Waals surface area contributed by atoms with E-state index in [1.807, 2.05) is 118 Å². The van der Waals surface area contributed by atoms with Crippen LogP contribution in [0.1, 0.15) is 20.8 Å². The maximum Gasteiger partial charge on any atom is 0.164 e. The summed E-state index contributed by atoms with van der Waals surface area (Å²) in [7, 11) is 0. The molecule has 0 spiro atoms. The molecule has 0 saturated carbocycles. The van der Waals surface area contributed by atoms with Crippen molar-refractivity contribution >= 4 is 44.1 Å². The Bertz CT molecular complexity index is 2130. The monoisotopic (exact) mass is 634 g/mol. The van der Waals surface area contributed by atoms with Crippen LogP contribution in [0.25, 0.3) is 89.7 Å². The van der Waals surface area contributed by atoms with Crippen LogP contribution in [0.5, 0.6) is 0 Å². The van der Waals surface area contributed by atoms with Gasteiger partial charge in [-0.15, -0.1) is 0 Å². The summed E-state index contributed by atoms with van der Waals surface area (Å²) in [4.78, 5) is 36.8. The molecule has 0 fully saturated rings. The smallest absolute Gasteiger partial charge is 0.164 e. The average molecular weight is 635 g/mol. The zero-order chi connectivity index (χ0) is 30.7. The van der Waals surface area contributed by atoms with E-state index in [4.69, 9.17) is 45.9 Å². The van der Waals surface area contributed by atoms with Gasteiger partial charge in [0.2, 0.25) is 0 Å². The van der Waals surface area contributed by atoms with Gasteiger partial charge in [-0.2, -0.15) is 0 Å². The summed E-state index contributed by atoms with van der Waals surface area (Å²) in [5, 5.41) is 3.82. The van der Waals surface area contributed by atoms with Crippen LogP contribution in [-0.4, -0.2) is 39.9 Å². The largest absolute Gasteiger partial charge is 0.324 e. The van der Waals surface area contributed by atoms with Gasteiger partial charge in [0.25, 0.3) is 0 Å². The van der Waals surface area contributed by atoms with Crippen LogP contribution in [0.4, 0.5) is 0 Å². The van der Waals surface area contributed by atoms with Gasteiger partial charge in [0.15, 0.2) is 23.3 Å². The van der Waals surface area contributed by atoms with Crippen molar-refractivity contribution < 1.29 is 16.0 Å². The summed E-state index contributed by atoms with van der Waals surface area (Å²) in [5.74, 6) is 2.39. The van der Waals surface area contributed by atoms with Crippen LogP contribution in [0.2, 0.25) is 4.31 Å². The third kappa shape index (κ3) is 4.96. The molecule has 7 aromatic rings. The number of nitrogens with one attached hydrogen (secondary N) is 2. The first kappa shape index (κ1) is 27.3. The Kier molecular flexibility index (Phi) is 6.34. The van der Waals surface area contributed by atoms with E-state index in [9.17, 15) is 0 Å². The quantitative estimate of drug-likeness (QED) is 0.162. The predicted octanol–water partition coefficient (Wildman–Crippen LogP) is 8.62. The van der Waals surface area contributed by atoms with E-state index in [0.29, 0.717) is 45.9 Å². The summed E-state index contributed by atoms with van der Waals surface area (Å²) >= 11 is 4.96. The number of hydrogen-bond donors (Lipinski definition) is 2. The van der Waals surface area contributed by atoms with Gasteiger partial charge in [0.1, 0.15) is 22.6 Å². The van der Waals surface area contributed by atoms with Crippen LogP contribution >= 0.6 is 0 Å². The van der Waals surface area contributed by atoms with Gasteiger partial charge in [-0.3, -0.25) is 0 Å². The molecule has 2 aliphatic rings. The first-order valence-electron chi connectivity index (χ1n) is 14.6. The summed E-state index contributed by atoms with van der Waals surface area (Å²) in [6, 6.07) is 32.2. The van der Waals surface area contributed by atoms with E-state index >= 15 is 0 Å². The Labute approximate surface area is 266 Å². The van der Waals surface area contributed by atoms with Crippen LogP contribution in [0.3, 0.4) is 0 Å². The van der Waals surface area contributed by atoms with E-state index < -0.39 is 0 Å². The van der Waals surface area contributed by atoms with Gasteiger partial charge in [-0.05, 0) is 0 Å². The second-order valence-corrected chi connectivity index (χ2v) is 13.2. The maximum absolute atomic E-state index is 5.02. The van der Waals surface area contributed by atoms with Gasteiger partial charge < -0.3 is 9.97 Å². The predicted molar refractivity (Wildman–Crippen MR) is 176 cm³/mol. The molecule has 9 rings (SSSR count). The first-order chi connectivity index (χ1) is 21.8. The Balaban J connectivity index is 0.000000560. The van der Waals surface area contributed by atoms with Crippen molar-refractivity contribution in [2.75, 3.05) is 0 Å². The topological polar surface area (TPSA) is 109 Å². The molecule has 0 saturated heterocycles. The minimum absolute atomic E-state index is 0.0625. The Morgan fingerprint density at radius 1 is 0.400 bits per heavy atom. The number of fused-ring (bicyclic) bond motifs is 20. The van der Waals surface area contributed by atoms with E-state index in [1.165, 1.54) is 0 Å². The van der Waals surface area contributed by atoms with Crippen molar-refractivity contribution in [2.45, 2.75) is 25.1 Å². The molecule has 0 atom stereocenters. The van der Waals surface area contributed by atoms with Crippen molar-refractivity contribution in [1.82, 2.24) is 39.9 Å². The number of rotatable bonds is 0. The Morgan fingerprint density at radius 2 is 0.622 bits per heavy atom. The molecular weight excluding hydrogens is 608 g/mol. The SMILES string of the molecule is C[C](C)(C)[Cu].c1ccc2c(c1)-c1nc-2nc2[nH]c(nc3nc(nc4[nH]c(n1)c1ccccc41)-c1ccccc1-3)c1ccccc21. The molecule has 2 N–H and O–H groups in total. The fourth-order valence-corrected chi connectivity index (χ4v) is 5.59. The number of hydrogen-bond acceptors (Lipinski definition) is 6. The van der Waals surface area contributed by atoms with Crippen LogP contribution in [-0.2, 0) is 16.0 Å². The molecule has 0 aliphatic carbocycles. The third-order valence-electron chi connectivity index (χ3n) is 7.46. The minimum Gasteiger partial charge on any atom is -0.324 e. The first-order valence-corrected chi connectivity index (χ1v) is 15.1. The van der Waals surface area contributed by atoms with E-state index in [1.54, 1.807) is 0 Å². The molecule has 222 valence electrons. The summed E-state index contributed by atoms with van der Waals surface area (Å²) in [6.45, 7) is 5.98. The third-order valence-corrected chi connectivity index (χ3v) is 7.46. The van der Waals surface area contributed by atoms with Gasteiger partial charge in [-0.1, -0.05) is 97.1 Å². The van der Waals surface area contributed by atoms with Crippen molar-refractivity contribution in [3.05, 3.63) is 97.1 Å². The van der Waals surface area contributed by atoms with E-state index in [-0.39, 0.29) is 4.31 Å². The van der Waals surface area contributed by atoms with Crippen LogP contribution in [0.15, 0.2) is 97.1 Å². The van der Waals surface area contributed by atoms with Gasteiger partial charge in [0.05, 0.1) is 0 Å². The standard InChI is InChI=1S/C32H18N8.C4H9.Cu/c1-2-10-18-17(9-1)25-33-26(18)38-28-21-13-5-6-14-22(21)30(35-28)40-32-24-16-8-7-15-23(24)31(36-32)39-29-20-12-4-3-11-19(20)27(34-29)37-25;1-4(2)3;/h1-16H,(H2,33,34,35,36,37,38,39,40);1-3H3;. The van der Waals surface area contributed by atoms with Crippen molar-refractivity contribution in [3.8, 4) is 45.6 Å². The summed E-state index contributed by atoms with van der Waals surface area (Å²) < 4.78 is 0.0625. The van der Waals surface area contributed by atoms with Gasteiger partial charge in [0, 0.05) is 43.8 Å². The number of nitrogens with zero attached hydrogens (tertiary/aromatic N) is 6. The average Bonchev–Trinajstić information content (AvgIpc) is 3.76. The molecule has 2 aliphatic heterocycles. The molecule has 9 heteroatoms. The number of H-pyrrole nitrogens is 2. The molecular formula is C36H27CuN8. The molecule has 0 radical (unpaired) electrons. The maximum atomic E-state index is 5.02. The normalized spacial score (nSPS) is 12.0. The van der Waals surface area contributed by atoms with Crippen LogP contribution < -0.4 is 0 Å². The molecule has 4 aromatic carbocycles. The van der Waals surface area contributed by atoms with E-state index in [2.05, 4.69) is 9.97 Å². The summed E-state index contributed by atoms with van der Waals surface area (Å²) in [6.07, 6.45) is 0. The van der Waals surface area contributed by atoms with Crippen molar-refractivity contribution in [1.29, 1.82) is 0 Å². The Hall–Kier alpha value is -5.24. The number of aromatic amines is 2. The van der Waals surface area contributed by atoms with E-state index in [0.717, 1.165) is 43.8 Å².